The van der Waals surface area contributed by atoms with Crippen LogP contribution in [0.5, 0.6) is 0 Å². The lowest BCUT2D eigenvalue weighted by Crippen LogP contribution is -2.42. The molecule has 2 amide bonds. The summed E-state index contributed by atoms with van der Waals surface area (Å²) >= 11 is 0. The molecule has 1 aromatic heterocycles. The fourth-order valence-corrected chi connectivity index (χ4v) is 3.44. The Hall–Kier alpha value is -2.60. The van der Waals surface area contributed by atoms with Gasteiger partial charge in [-0.25, -0.2) is 0 Å². The molecule has 0 aliphatic carbocycles. The first-order valence-corrected chi connectivity index (χ1v) is 9.42. The second kappa shape index (κ2) is 8.86. The number of hydrogen-bond acceptors (Lipinski definition) is 4. The molecule has 144 valence electrons. The fourth-order valence-electron chi connectivity index (χ4n) is 3.44. The van der Waals surface area contributed by atoms with Crippen LogP contribution in [0.25, 0.3) is 0 Å². The van der Waals surface area contributed by atoms with Crippen molar-refractivity contribution < 1.29 is 14.0 Å². The van der Waals surface area contributed by atoms with Gasteiger partial charge in [0, 0.05) is 32.7 Å². The summed E-state index contributed by atoms with van der Waals surface area (Å²) in [5, 5.41) is 2.72. The number of rotatable bonds is 5. The zero-order chi connectivity index (χ0) is 19.2. The summed E-state index contributed by atoms with van der Waals surface area (Å²) in [6, 6.07) is 12.1. The Bertz CT molecular complexity index is 785. The van der Waals surface area contributed by atoms with Gasteiger partial charge in [-0.05, 0) is 31.9 Å². The molecule has 1 aliphatic rings. The fraction of sp³-hybridized carbons (Fsp3) is 0.429. The molecule has 1 saturated heterocycles. The number of carbonyl (C=O) groups excluding carboxylic acids is 2. The van der Waals surface area contributed by atoms with E-state index >= 15 is 0 Å². The molecular weight excluding hydrogens is 342 g/mol. The van der Waals surface area contributed by atoms with Gasteiger partial charge in [0.05, 0.1) is 12.1 Å². The lowest BCUT2D eigenvalue weighted by molar-refractivity contribution is -0.130. The molecule has 0 saturated carbocycles. The molecule has 2 aromatic rings. The summed E-state index contributed by atoms with van der Waals surface area (Å²) in [6.07, 6.45) is 0.937. The third kappa shape index (κ3) is 5.20. The van der Waals surface area contributed by atoms with Crippen molar-refractivity contribution in [1.82, 2.24) is 15.1 Å². The zero-order valence-corrected chi connectivity index (χ0v) is 16.0. The molecule has 6 heteroatoms. The minimum absolute atomic E-state index is 0.0151. The lowest BCUT2D eigenvalue weighted by Gasteiger charge is -2.22. The Morgan fingerprint density at radius 1 is 1.07 bits per heavy atom. The summed E-state index contributed by atoms with van der Waals surface area (Å²) in [6.45, 7) is 7.69. The highest BCUT2D eigenvalue weighted by Gasteiger charge is 2.20. The van der Waals surface area contributed by atoms with Gasteiger partial charge >= 0.3 is 0 Å². The standard InChI is InChI=1S/C21H27N3O3/c1-16-13-19(17(2)27-16)21(26)22-14-20(25)24-10-6-9-23(11-12-24)15-18-7-4-3-5-8-18/h3-5,7-8,13H,6,9-12,14-15H2,1-2H3,(H,22,26). The van der Waals surface area contributed by atoms with Crippen LogP contribution >= 0.6 is 0 Å². The highest BCUT2D eigenvalue weighted by molar-refractivity contribution is 5.97. The normalized spacial score (nSPS) is 15.4. The number of furan rings is 1. The number of hydrogen-bond donors (Lipinski definition) is 1. The molecule has 0 unspecified atom stereocenters. The van der Waals surface area contributed by atoms with Gasteiger partial charge in [0.25, 0.3) is 5.91 Å². The Morgan fingerprint density at radius 2 is 1.85 bits per heavy atom. The maximum absolute atomic E-state index is 12.5. The first-order valence-electron chi connectivity index (χ1n) is 9.42. The second-order valence-corrected chi connectivity index (χ2v) is 7.01. The SMILES string of the molecule is Cc1cc(C(=O)NCC(=O)N2CCCN(Cc3ccccc3)CC2)c(C)o1. The number of aryl methyl sites for hydroxylation is 2. The van der Waals surface area contributed by atoms with Gasteiger partial charge in [-0.1, -0.05) is 30.3 Å². The molecule has 1 aliphatic heterocycles. The number of carbonyl (C=O) groups is 2. The molecule has 1 N–H and O–H groups in total. The van der Waals surface area contributed by atoms with Crippen LogP contribution in [0, 0.1) is 13.8 Å². The van der Waals surface area contributed by atoms with Crippen molar-refractivity contribution >= 4 is 11.8 Å². The molecular formula is C21H27N3O3. The van der Waals surface area contributed by atoms with Crippen molar-refractivity contribution in [1.29, 1.82) is 0 Å². The van der Waals surface area contributed by atoms with Crippen LogP contribution in [-0.4, -0.2) is 54.3 Å². The molecule has 0 spiro atoms. The van der Waals surface area contributed by atoms with Crippen LogP contribution < -0.4 is 5.32 Å². The van der Waals surface area contributed by atoms with E-state index in [0.29, 0.717) is 23.6 Å². The third-order valence-electron chi connectivity index (χ3n) is 4.88. The topological polar surface area (TPSA) is 65.8 Å². The molecule has 2 heterocycles. The van der Waals surface area contributed by atoms with Crippen LogP contribution in [0.3, 0.4) is 0 Å². The second-order valence-electron chi connectivity index (χ2n) is 7.01. The molecule has 0 radical (unpaired) electrons. The minimum Gasteiger partial charge on any atom is -0.466 e. The average Bonchev–Trinajstić information content (AvgIpc) is 2.85. The van der Waals surface area contributed by atoms with E-state index in [9.17, 15) is 9.59 Å². The molecule has 0 bridgehead atoms. The Kier molecular flexibility index (Phi) is 6.29. The highest BCUT2D eigenvalue weighted by Crippen LogP contribution is 2.13. The summed E-state index contributed by atoms with van der Waals surface area (Å²) in [4.78, 5) is 29.0. The minimum atomic E-state index is -0.266. The summed E-state index contributed by atoms with van der Waals surface area (Å²) in [5.41, 5.74) is 1.78. The van der Waals surface area contributed by atoms with Crippen molar-refractivity contribution in [2.45, 2.75) is 26.8 Å². The predicted octanol–water partition coefficient (Wildman–Crippen LogP) is 2.36. The Balaban J connectivity index is 1.47. The Morgan fingerprint density at radius 3 is 2.56 bits per heavy atom. The number of amides is 2. The molecule has 27 heavy (non-hydrogen) atoms. The van der Waals surface area contributed by atoms with E-state index in [0.717, 1.165) is 32.6 Å². The maximum atomic E-state index is 12.5. The quantitative estimate of drug-likeness (QED) is 0.879. The first kappa shape index (κ1) is 19.2. The van der Waals surface area contributed by atoms with Gasteiger partial charge in [-0.15, -0.1) is 0 Å². The maximum Gasteiger partial charge on any atom is 0.255 e. The van der Waals surface area contributed by atoms with Crippen molar-refractivity contribution in [3.05, 3.63) is 59.0 Å². The summed E-state index contributed by atoms with van der Waals surface area (Å²) in [5.74, 6) is 0.958. The largest absolute Gasteiger partial charge is 0.466 e. The Labute approximate surface area is 160 Å². The van der Waals surface area contributed by atoms with Crippen molar-refractivity contribution in [2.75, 3.05) is 32.7 Å². The first-order chi connectivity index (χ1) is 13.0. The number of nitrogens with one attached hydrogen (secondary N) is 1. The van der Waals surface area contributed by atoms with E-state index in [-0.39, 0.29) is 18.4 Å². The van der Waals surface area contributed by atoms with E-state index in [1.807, 2.05) is 11.0 Å². The molecule has 3 rings (SSSR count). The van der Waals surface area contributed by atoms with E-state index < -0.39 is 0 Å². The van der Waals surface area contributed by atoms with Gasteiger partial charge in [0.15, 0.2) is 0 Å². The molecule has 0 atom stereocenters. The van der Waals surface area contributed by atoms with Crippen molar-refractivity contribution in [2.24, 2.45) is 0 Å². The van der Waals surface area contributed by atoms with Crippen LogP contribution in [0.15, 0.2) is 40.8 Å². The van der Waals surface area contributed by atoms with Gasteiger partial charge < -0.3 is 14.6 Å². The molecule has 1 aromatic carbocycles. The monoisotopic (exact) mass is 369 g/mol. The average molecular weight is 369 g/mol. The lowest BCUT2D eigenvalue weighted by atomic mass is 10.2. The zero-order valence-electron chi connectivity index (χ0n) is 16.0. The van der Waals surface area contributed by atoms with Crippen molar-refractivity contribution in [3.63, 3.8) is 0 Å². The van der Waals surface area contributed by atoms with Gasteiger partial charge in [0.2, 0.25) is 5.91 Å². The smallest absolute Gasteiger partial charge is 0.255 e. The summed E-state index contributed by atoms with van der Waals surface area (Å²) in [7, 11) is 0. The van der Waals surface area contributed by atoms with Crippen LogP contribution in [0.2, 0.25) is 0 Å². The van der Waals surface area contributed by atoms with E-state index in [4.69, 9.17) is 4.42 Å². The van der Waals surface area contributed by atoms with E-state index in [2.05, 4.69) is 34.5 Å². The van der Waals surface area contributed by atoms with E-state index in [1.54, 1.807) is 19.9 Å². The van der Waals surface area contributed by atoms with Crippen LogP contribution in [0.1, 0.15) is 33.9 Å². The van der Waals surface area contributed by atoms with Gasteiger partial charge in [0.1, 0.15) is 11.5 Å². The number of benzene rings is 1. The van der Waals surface area contributed by atoms with Crippen LogP contribution in [0.4, 0.5) is 0 Å². The number of nitrogens with zero attached hydrogens (tertiary/aromatic N) is 2. The van der Waals surface area contributed by atoms with Gasteiger partial charge in [-0.2, -0.15) is 0 Å². The highest BCUT2D eigenvalue weighted by atomic mass is 16.3. The predicted molar refractivity (Wildman–Crippen MR) is 103 cm³/mol. The molecule has 1 fully saturated rings. The molecule has 6 nitrogen and oxygen atoms in total. The summed E-state index contributed by atoms with van der Waals surface area (Å²) < 4.78 is 5.37. The van der Waals surface area contributed by atoms with Gasteiger partial charge in [-0.3, -0.25) is 14.5 Å². The van der Waals surface area contributed by atoms with Crippen molar-refractivity contribution in [3.8, 4) is 0 Å². The third-order valence-corrected chi connectivity index (χ3v) is 4.88. The van der Waals surface area contributed by atoms with Crippen LogP contribution in [-0.2, 0) is 11.3 Å². The van der Waals surface area contributed by atoms with E-state index in [1.165, 1.54) is 5.56 Å².